The molecule has 0 radical (unpaired) electrons. The molecule has 0 aliphatic carbocycles. The number of hydrogen-bond acceptors (Lipinski definition) is 3. The van der Waals surface area contributed by atoms with Crippen molar-refractivity contribution in [2.24, 2.45) is 0 Å². The normalized spacial score (nSPS) is 9.23. The highest BCUT2D eigenvalue weighted by atomic mass is 16.7. The van der Waals surface area contributed by atoms with Crippen molar-refractivity contribution in [1.29, 1.82) is 0 Å². The lowest BCUT2D eigenvalue weighted by Crippen LogP contribution is -2.16. The molecule has 13 heavy (non-hydrogen) atoms. The lowest BCUT2D eigenvalue weighted by atomic mass is 10.3. The van der Waals surface area contributed by atoms with Gasteiger partial charge < -0.3 is 4.74 Å². The fourth-order valence-electron chi connectivity index (χ4n) is 0.811. The Labute approximate surface area is 76.4 Å². The van der Waals surface area contributed by atoms with E-state index in [0.29, 0.717) is 19.6 Å². The van der Waals surface area contributed by atoms with Crippen LogP contribution in [-0.2, 0) is 9.63 Å². The summed E-state index contributed by atoms with van der Waals surface area (Å²) in [4.78, 5) is 14.4. The molecule has 0 unspecified atom stereocenters. The second kappa shape index (κ2) is 6.02. The van der Waals surface area contributed by atoms with Crippen LogP contribution in [0.4, 0.5) is 0 Å². The third-order valence-electron chi connectivity index (χ3n) is 1.33. The molecule has 0 fully saturated rings. The van der Waals surface area contributed by atoms with Gasteiger partial charge in [0.25, 0.3) is 0 Å². The van der Waals surface area contributed by atoms with E-state index in [1.54, 1.807) is 0 Å². The number of ether oxygens (including phenoxy) is 1. The Morgan fingerprint density at radius 3 is 2.69 bits per heavy atom. The first-order valence-electron chi connectivity index (χ1n) is 3.92. The van der Waals surface area contributed by atoms with Crippen molar-refractivity contribution in [3.63, 3.8) is 0 Å². The highest BCUT2D eigenvalue weighted by Gasteiger charge is 1.90. The van der Waals surface area contributed by atoms with Crippen molar-refractivity contribution in [2.75, 3.05) is 13.2 Å². The molecule has 0 aliphatic heterocycles. The van der Waals surface area contributed by atoms with Crippen molar-refractivity contribution >= 4 is 6.41 Å². The van der Waals surface area contributed by atoms with Gasteiger partial charge in [-0.3, -0.25) is 9.63 Å². The van der Waals surface area contributed by atoms with Gasteiger partial charge >= 0.3 is 0 Å². The van der Waals surface area contributed by atoms with E-state index in [1.165, 1.54) is 0 Å². The van der Waals surface area contributed by atoms with E-state index in [1.807, 2.05) is 30.3 Å². The van der Waals surface area contributed by atoms with Crippen LogP contribution in [-0.4, -0.2) is 19.6 Å². The van der Waals surface area contributed by atoms with E-state index in [-0.39, 0.29) is 0 Å². The van der Waals surface area contributed by atoms with Crippen LogP contribution in [0.1, 0.15) is 0 Å². The summed E-state index contributed by atoms with van der Waals surface area (Å²) in [6.07, 6.45) is 0.475. The Morgan fingerprint density at radius 1 is 1.23 bits per heavy atom. The van der Waals surface area contributed by atoms with Crippen LogP contribution in [0.25, 0.3) is 0 Å². The monoisotopic (exact) mass is 181 g/mol. The van der Waals surface area contributed by atoms with Gasteiger partial charge in [0.2, 0.25) is 6.41 Å². The topological polar surface area (TPSA) is 47.6 Å². The lowest BCUT2D eigenvalue weighted by Gasteiger charge is -2.04. The third-order valence-corrected chi connectivity index (χ3v) is 1.33. The molecule has 4 nitrogen and oxygen atoms in total. The molecule has 0 saturated carbocycles. The van der Waals surface area contributed by atoms with E-state index in [2.05, 4.69) is 10.3 Å². The van der Waals surface area contributed by atoms with Gasteiger partial charge in [-0.2, -0.15) is 0 Å². The van der Waals surface area contributed by atoms with Crippen LogP contribution in [0.3, 0.4) is 0 Å². The summed E-state index contributed by atoms with van der Waals surface area (Å²) in [6, 6.07) is 9.40. The minimum absolute atomic E-state index is 0.327. The Balaban J connectivity index is 2.10. The minimum atomic E-state index is 0.327. The quantitative estimate of drug-likeness (QED) is 0.400. The first-order chi connectivity index (χ1) is 6.43. The summed E-state index contributed by atoms with van der Waals surface area (Å²) < 4.78 is 5.27. The van der Waals surface area contributed by atoms with Gasteiger partial charge in [0.1, 0.15) is 19.0 Å². The van der Waals surface area contributed by atoms with Gasteiger partial charge in [-0.25, -0.2) is 5.48 Å². The molecule has 70 valence electrons. The maximum absolute atomic E-state index is 9.76. The van der Waals surface area contributed by atoms with Crippen molar-refractivity contribution < 1.29 is 14.4 Å². The third kappa shape index (κ3) is 4.12. The fraction of sp³-hybridized carbons (Fsp3) is 0.222. The summed E-state index contributed by atoms with van der Waals surface area (Å²) in [5.74, 6) is 0.789. The number of rotatable bonds is 6. The van der Waals surface area contributed by atoms with Crippen LogP contribution in [0.2, 0.25) is 0 Å². The molecule has 1 aromatic rings. The molecule has 0 aliphatic rings. The van der Waals surface area contributed by atoms with Crippen LogP contribution in [0, 0.1) is 0 Å². The van der Waals surface area contributed by atoms with E-state index < -0.39 is 0 Å². The zero-order valence-corrected chi connectivity index (χ0v) is 7.10. The van der Waals surface area contributed by atoms with Crippen LogP contribution >= 0.6 is 0 Å². The zero-order chi connectivity index (χ0) is 9.36. The summed E-state index contributed by atoms with van der Waals surface area (Å²) >= 11 is 0. The molecule has 0 aromatic heterocycles. The van der Waals surface area contributed by atoms with Crippen molar-refractivity contribution in [3.05, 3.63) is 30.3 Å². The number of amides is 1. The number of carbonyl (C=O) groups is 1. The molecule has 1 aromatic carbocycles. The highest BCUT2D eigenvalue weighted by Crippen LogP contribution is 2.07. The number of hydroxylamine groups is 1. The fourth-order valence-corrected chi connectivity index (χ4v) is 0.811. The number of hydrogen-bond donors (Lipinski definition) is 1. The van der Waals surface area contributed by atoms with Gasteiger partial charge in [0.05, 0.1) is 0 Å². The van der Waals surface area contributed by atoms with Crippen molar-refractivity contribution in [1.82, 2.24) is 5.48 Å². The highest BCUT2D eigenvalue weighted by molar-refractivity contribution is 5.43. The van der Waals surface area contributed by atoms with E-state index in [9.17, 15) is 4.79 Å². The number of nitrogens with one attached hydrogen (secondary N) is 1. The molecule has 1 amide bonds. The number of carbonyl (C=O) groups excluding carboxylic acids is 1. The first kappa shape index (κ1) is 9.54. The molecule has 0 spiro atoms. The second-order valence-corrected chi connectivity index (χ2v) is 2.25. The molecular formula is C9H11NO3. The Bertz CT molecular complexity index is 238. The first-order valence-corrected chi connectivity index (χ1v) is 3.92. The summed E-state index contributed by atoms with van der Waals surface area (Å²) in [7, 11) is 0. The molecule has 4 heteroatoms. The maximum Gasteiger partial charge on any atom is 0.230 e. The lowest BCUT2D eigenvalue weighted by molar-refractivity contribution is -0.121. The van der Waals surface area contributed by atoms with E-state index in [0.717, 1.165) is 5.75 Å². The van der Waals surface area contributed by atoms with Gasteiger partial charge in [0, 0.05) is 0 Å². The molecular weight excluding hydrogens is 170 g/mol. The second-order valence-electron chi connectivity index (χ2n) is 2.25. The number of benzene rings is 1. The van der Waals surface area contributed by atoms with E-state index >= 15 is 0 Å². The van der Waals surface area contributed by atoms with Gasteiger partial charge in [-0.05, 0) is 12.1 Å². The SMILES string of the molecule is O=CNOCCOc1ccccc1. The summed E-state index contributed by atoms with van der Waals surface area (Å²) in [5, 5.41) is 0. The average Bonchev–Trinajstić information content (AvgIpc) is 2.19. The average molecular weight is 181 g/mol. The Morgan fingerprint density at radius 2 is 2.00 bits per heavy atom. The molecule has 1 rings (SSSR count). The van der Waals surface area contributed by atoms with Crippen LogP contribution in [0.15, 0.2) is 30.3 Å². The minimum Gasteiger partial charge on any atom is -0.491 e. The summed E-state index contributed by atoms with van der Waals surface area (Å²) in [6.45, 7) is 0.735. The van der Waals surface area contributed by atoms with Crippen molar-refractivity contribution in [2.45, 2.75) is 0 Å². The predicted molar refractivity (Wildman–Crippen MR) is 47.1 cm³/mol. The Kier molecular flexibility index (Phi) is 4.42. The molecule has 0 saturated heterocycles. The smallest absolute Gasteiger partial charge is 0.230 e. The van der Waals surface area contributed by atoms with Crippen LogP contribution < -0.4 is 10.2 Å². The molecule has 1 N–H and O–H groups in total. The molecule has 0 bridgehead atoms. The molecule has 0 heterocycles. The number of para-hydroxylation sites is 1. The van der Waals surface area contributed by atoms with Gasteiger partial charge in [0.15, 0.2) is 0 Å². The largest absolute Gasteiger partial charge is 0.491 e. The van der Waals surface area contributed by atoms with Crippen molar-refractivity contribution in [3.8, 4) is 5.75 Å². The predicted octanol–water partition coefficient (Wildman–Crippen LogP) is 0.743. The zero-order valence-electron chi connectivity index (χ0n) is 7.10. The van der Waals surface area contributed by atoms with Crippen LogP contribution in [0.5, 0.6) is 5.75 Å². The van der Waals surface area contributed by atoms with Gasteiger partial charge in [-0.15, -0.1) is 0 Å². The standard InChI is InChI=1S/C9H11NO3/c11-8-10-13-7-6-12-9-4-2-1-3-5-9/h1-5,8H,6-7H2,(H,10,11). The molecule has 0 atom stereocenters. The van der Waals surface area contributed by atoms with Gasteiger partial charge in [-0.1, -0.05) is 18.2 Å². The Hall–Kier alpha value is -1.55. The van der Waals surface area contributed by atoms with E-state index in [4.69, 9.17) is 4.74 Å². The maximum atomic E-state index is 9.76. The summed E-state index contributed by atoms with van der Waals surface area (Å²) in [5.41, 5.74) is 2.07.